The minimum atomic E-state index is 0.0233. The first-order valence-electron chi connectivity index (χ1n) is 8.20. The molecular weight excluding hydrogens is 298 g/mol. The first-order chi connectivity index (χ1) is 10.7. The van der Waals surface area contributed by atoms with Crippen molar-refractivity contribution in [3.05, 3.63) is 16.1 Å². The normalized spacial score (nSPS) is 23.2. The first kappa shape index (κ1) is 15.9. The second kappa shape index (κ2) is 7.53. The molecule has 2 heterocycles. The maximum Gasteiger partial charge on any atom is 0.226 e. The van der Waals surface area contributed by atoms with Gasteiger partial charge in [-0.15, -0.1) is 11.3 Å². The van der Waals surface area contributed by atoms with Gasteiger partial charge in [-0.2, -0.15) is 0 Å². The number of thiazole rings is 1. The molecule has 2 fully saturated rings. The summed E-state index contributed by atoms with van der Waals surface area (Å²) < 4.78 is 5.68. The predicted molar refractivity (Wildman–Crippen MR) is 86.9 cm³/mol. The number of carbonyl (C=O) groups is 1. The van der Waals surface area contributed by atoms with Crippen molar-refractivity contribution < 1.29 is 9.53 Å². The van der Waals surface area contributed by atoms with E-state index in [-0.39, 0.29) is 5.91 Å². The Balaban J connectivity index is 1.56. The lowest BCUT2D eigenvalue weighted by atomic mass is 9.80. The Bertz CT molecular complexity index is 501. The quantitative estimate of drug-likeness (QED) is 0.868. The van der Waals surface area contributed by atoms with Gasteiger partial charge in [0.25, 0.3) is 0 Å². The van der Waals surface area contributed by atoms with Crippen LogP contribution in [-0.2, 0) is 22.5 Å². The number of nitrogens with zero attached hydrogens (tertiary/aromatic N) is 2. The smallest absolute Gasteiger partial charge is 0.226 e. The molecule has 22 heavy (non-hydrogen) atoms. The van der Waals surface area contributed by atoms with E-state index < -0.39 is 0 Å². The molecule has 6 heteroatoms. The summed E-state index contributed by atoms with van der Waals surface area (Å²) >= 11 is 1.58. The topological polar surface area (TPSA) is 54.5 Å². The number of nitrogens with one attached hydrogen (secondary N) is 1. The van der Waals surface area contributed by atoms with Crippen LogP contribution >= 0.6 is 11.3 Å². The van der Waals surface area contributed by atoms with Crippen LogP contribution in [0.3, 0.4) is 0 Å². The molecule has 0 bridgehead atoms. The van der Waals surface area contributed by atoms with Gasteiger partial charge in [-0.05, 0) is 12.3 Å². The fourth-order valence-electron chi connectivity index (χ4n) is 3.16. The molecule has 3 rings (SSSR count). The van der Waals surface area contributed by atoms with Gasteiger partial charge in [-0.25, -0.2) is 4.98 Å². The molecule has 1 aromatic rings. The highest BCUT2D eigenvalue weighted by Crippen LogP contribution is 2.32. The molecule has 0 aromatic carbocycles. The van der Waals surface area contributed by atoms with E-state index in [4.69, 9.17) is 4.74 Å². The molecule has 0 radical (unpaired) electrons. The molecule has 1 aliphatic heterocycles. The van der Waals surface area contributed by atoms with E-state index in [9.17, 15) is 4.79 Å². The highest BCUT2D eigenvalue weighted by atomic mass is 32.1. The van der Waals surface area contributed by atoms with Gasteiger partial charge in [-0.3, -0.25) is 9.69 Å². The van der Waals surface area contributed by atoms with Gasteiger partial charge in [0.2, 0.25) is 5.91 Å². The van der Waals surface area contributed by atoms with Gasteiger partial charge in [0.15, 0.2) is 0 Å². The zero-order valence-corrected chi connectivity index (χ0v) is 14.0. The third-order valence-electron chi connectivity index (χ3n) is 4.73. The SMILES string of the molecule is CNC(=O)Cc1nc(CN2CCOCC2CC2CCC2)cs1. The number of amides is 1. The van der Waals surface area contributed by atoms with Crippen molar-refractivity contribution >= 4 is 17.2 Å². The van der Waals surface area contributed by atoms with Crippen LogP contribution in [0.4, 0.5) is 0 Å². The van der Waals surface area contributed by atoms with Crippen LogP contribution in [0.5, 0.6) is 0 Å². The number of ether oxygens (including phenoxy) is 1. The number of carbonyl (C=O) groups excluding carboxylic acids is 1. The Morgan fingerprint density at radius 2 is 2.41 bits per heavy atom. The van der Waals surface area contributed by atoms with Gasteiger partial charge in [0.05, 0.1) is 25.3 Å². The summed E-state index contributed by atoms with van der Waals surface area (Å²) in [6.07, 6.45) is 5.81. The standard InChI is InChI=1S/C16H25N3O2S/c1-17-15(20)8-16-18-13(11-22-16)9-19-5-6-21-10-14(19)7-12-3-2-4-12/h11-12,14H,2-10H2,1H3,(H,17,20). The van der Waals surface area contributed by atoms with Crippen molar-refractivity contribution in [1.82, 2.24) is 15.2 Å². The Hall–Kier alpha value is -0.980. The summed E-state index contributed by atoms with van der Waals surface area (Å²) in [7, 11) is 1.66. The Morgan fingerprint density at radius 1 is 1.55 bits per heavy atom. The fourth-order valence-corrected chi connectivity index (χ4v) is 3.95. The van der Waals surface area contributed by atoms with Gasteiger partial charge in [0, 0.05) is 31.6 Å². The zero-order chi connectivity index (χ0) is 15.4. The van der Waals surface area contributed by atoms with E-state index in [1.165, 1.54) is 25.7 Å². The molecule has 1 aromatic heterocycles. The van der Waals surface area contributed by atoms with Gasteiger partial charge < -0.3 is 10.1 Å². The third kappa shape index (κ3) is 4.06. The average molecular weight is 323 g/mol. The second-order valence-electron chi connectivity index (χ2n) is 6.31. The number of aromatic nitrogens is 1. The molecule has 1 unspecified atom stereocenters. The number of hydrogen-bond donors (Lipinski definition) is 1. The van der Waals surface area contributed by atoms with Crippen molar-refractivity contribution in [2.75, 3.05) is 26.8 Å². The first-order valence-corrected chi connectivity index (χ1v) is 9.08. The summed E-state index contributed by atoms with van der Waals surface area (Å²) in [5.74, 6) is 0.920. The van der Waals surface area contributed by atoms with Gasteiger partial charge >= 0.3 is 0 Å². The predicted octanol–water partition coefficient (Wildman–Crippen LogP) is 1.82. The van der Waals surface area contributed by atoms with E-state index in [1.54, 1.807) is 18.4 Å². The van der Waals surface area contributed by atoms with E-state index in [1.807, 2.05) is 0 Å². The van der Waals surface area contributed by atoms with E-state index in [2.05, 4.69) is 20.6 Å². The van der Waals surface area contributed by atoms with Gasteiger partial charge in [0.1, 0.15) is 5.01 Å². The summed E-state index contributed by atoms with van der Waals surface area (Å²) in [6.45, 7) is 3.53. The minimum absolute atomic E-state index is 0.0233. The highest BCUT2D eigenvalue weighted by Gasteiger charge is 2.29. The summed E-state index contributed by atoms with van der Waals surface area (Å²) in [5.41, 5.74) is 1.09. The van der Waals surface area contributed by atoms with Crippen LogP contribution in [0.2, 0.25) is 0 Å². The summed E-state index contributed by atoms with van der Waals surface area (Å²) in [5, 5.41) is 5.64. The van der Waals surface area contributed by atoms with Crippen molar-refractivity contribution in [3.8, 4) is 0 Å². The maximum absolute atomic E-state index is 11.4. The minimum Gasteiger partial charge on any atom is -0.378 e. The molecule has 0 spiro atoms. The lowest BCUT2D eigenvalue weighted by Crippen LogP contribution is -2.46. The van der Waals surface area contributed by atoms with Crippen LogP contribution in [0, 0.1) is 5.92 Å². The molecule has 1 aliphatic carbocycles. The Labute approximate surface area is 136 Å². The number of rotatable bonds is 6. The van der Waals surface area contributed by atoms with E-state index >= 15 is 0 Å². The molecule has 5 nitrogen and oxygen atoms in total. The van der Waals surface area contributed by atoms with Crippen LogP contribution in [0.15, 0.2) is 5.38 Å². The Morgan fingerprint density at radius 3 is 3.14 bits per heavy atom. The maximum atomic E-state index is 11.4. The van der Waals surface area contributed by atoms with Crippen LogP contribution in [0.25, 0.3) is 0 Å². The average Bonchev–Trinajstić information content (AvgIpc) is 2.91. The van der Waals surface area contributed by atoms with Crippen molar-refractivity contribution in [3.63, 3.8) is 0 Å². The summed E-state index contributed by atoms with van der Waals surface area (Å²) in [6, 6.07) is 0.531. The lowest BCUT2D eigenvalue weighted by molar-refractivity contribution is -0.119. The van der Waals surface area contributed by atoms with Gasteiger partial charge in [-0.1, -0.05) is 19.3 Å². The number of likely N-dealkylation sites (N-methyl/N-ethyl adjacent to an activating group) is 1. The lowest BCUT2D eigenvalue weighted by Gasteiger charge is -2.39. The summed E-state index contributed by atoms with van der Waals surface area (Å²) in [4.78, 5) is 18.6. The third-order valence-corrected chi connectivity index (χ3v) is 5.63. The van der Waals surface area contributed by atoms with E-state index in [0.717, 1.165) is 42.9 Å². The fraction of sp³-hybridized carbons (Fsp3) is 0.750. The van der Waals surface area contributed by atoms with Crippen LogP contribution in [-0.4, -0.2) is 48.6 Å². The largest absolute Gasteiger partial charge is 0.378 e. The van der Waals surface area contributed by atoms with Crippen LogP contribution in [0.1, 0.15) is 36.4 Å². The molecule has 1 atom stereocenters. The second-order valence-corrected chi connectivity index (χ2v) is 7.26. The molecule has 1 N–H and O–H groups in total. The molecule has 122 valence electrons. The zero-order valence-electron chi connectivity index (χ0n) is 13.2. The molecule has 1 amide bonds. The Kier molecular flexibility index (Phi) is 5.44. The highest BCUT2D eigenvalue weighted by molar-refractivity contribution is 7.09. The number of morpholine rings is 1. The monoisotopic (exact) mass is 323 g/mol. The van der Waals surface area contributed by atoms with Crippen molar-refractivity contribution in [2.24, 2.45) is 5.92 Å². The molecular formula is C16H25N3O2S. The number of hydrogen-bond acceptors (Lipinski definition) is 5. The van der Waals surface area contributed by atoms with Crippen molar-refractivity contribution in [1.29, 1.82) is 0 Å². The van der Waals surface area contributed by atoms with Crippen LogP contribution < -0.4 is 5.32 Å². The van der Waals surface area contributed by atoms with Crippen molar-refractivity contribution in [2.45, 2.75) is 44.7 Å². The molecule has 2 aliphatic rings. The van der Waals surface area contributed by atoms with E-state index in [0.29, 0.717) is 12.5 Å². The molecule has 1 saturated carbocycles. The molecule has 1 saturated heterocycles.